The maximum atomic E-state index is 10.0. The molecule has 0 saturated carbocycles. The van der Waals surface area contributed by atoms with Crippen molar-refractivity contribution in [3.63, 3.8) is 0 Å². The van der Waals surface area contributed by atoms with Gasteiger partial charge >= 0.3 is 0 Å². The molecule has 8 heterocycles. The summed E-state index contributed by atoms with van der Waals surface area (Å²) in [7, 11) is 0. The fraction of sp³-hybridized carbons (Fsp3) is 0.270. The Morgan fingerprint density at radius 2 is 0.886 bits per heavy atom. The topological polar surface area (TPSA) is 152 Å². The van der Waals surface area contributed by atoms with Gasteiger partial charge in [-0.1, -0.05) is 115 Å². The maximum Gasteiger partial charge on any atom is 0.216 e. The van der Waals surface area contributed by atoms with E-state index in [-0.39, 0.29) is 79.5 Å². The molecule has 12 aromatic rings. The number of hydrogen-bond donors (Lipinski definition) is 2. The summed E-state index contributed by atoms with van der Waals surface area (Å²) in [6, 6.07) is 43.5. The number of hydrogen-bond acceptors (Lipinski definition) is 12. The molecule has 0 aliphatic carbocycles. The first kappa shape index (κ1) is 68.2. The molecule has 2 N–H and O–H groups in total. The second kappa shape index (κ2) is 27.2. The molecule has 0 unspecified atom stereocenters. The second-order valence-corrected chi connectivity index (χ2v) is 27.4. The minimum atomic E-state index is -0.125. The molecule has 0 amide bonds. The van der Waals surface area contributed by atoms with Crippen molar-refractivity contribution >= 4 is 98.6 Å². The minimum Gasteiger partial charge on any atom is -0.512 e. The Hall–Kier alpha value is -7.28. The van der Waals surface area contributed by atoms with Crippen LogP contribution in [0.1, 0.15) is 129 Å². The summed E-state index contributed by atoms with van der Waals surface area (Å²) >= 11 is 3.59. The van der Waals surface area contributed by atoms with E-state index in [9.17, 15) is 9.59 Å². The van der Waals surface area contributed by atoms with Crippen LogP contribution < -0.4 is 0 Å². The summed E-state index contributed by atoms with van der Waals surface area (Å²) in [5, 5.41) is 23.2. The zero-order valence-corrected chi connectivity index (χ0v) is 59.3. The standard InChI is InChI=1S/C33H31N2OS.C31H27N2OS.2C5H8O2.2Ir/c1-19-11-12-25-24-9-8-10-26(30(24)36-31(25)35-19)27-15-21-16-28(37-29(21)18-34-27)20-13-22(32(2,3)4)17-23(14-20)33(5,6)7;1-17-12-21(31(4,5)6)13-18(2)28(17)26-15-20-14-25(32-16-27(20)35-26)24-9-7-8-22-23-11-10-19(3)33-30(23)34-29(22)24;2*1-4(6)3-5(2)7;;/h8-9,11-18H,1-7H3;7-8,10-16H,1-6H3;2*3,6H,1-2H3;;/q2*-1;;;;. The van der Waals surface area contributed by atoms with Crippen LogP contribution >= 0.6 is 22.7 Å². The average Bonchev–Trinajstić information content (AvgIpc) is 1.67. The zero-order valence-electron chi connectivity index (χ0n) is 52.9. The number of furan rings is 2. The molecule has 0 bridgehead atoms. The Morgan fingerprint density at radius 1 is 0.500 bits per heavy atom. The van der Waals surface area contributed by atoms with E-state index >= 15 is 0 Å². The van der Waals surface area contributed by atoms with Crippen LogP contribution in [0.15, 0.2) is 148 Å². The number of allylic oxidation sites excluding steroid dienone is 4. The number of thiophene rings is 2. The molecule has 0 aliphatic rings. The van der Waals surface area contributed by atoms with E-state index in [1.165, 1.54) is 109 Å². The number of carbonyl (C=O) groups is 2. The van der Waals surface area contributed by atoms with Crippen molar-refractivity contribution in [3.8, 4) is 43.4 Å². The Kier molecular flexibility index (Phi) is 21.1. The van der Waals surface area contributed by atoms with Crippen LogP contribution in [-0.2, 0) is 66.0 Å². The maximum absolute atomic E-state index is 10.0. The number of aliphatic hydroxyl groups excluding tert-OH is 2. The predicted octanol–water partition coefficient (Wildman–Crippen LogP) is 20.6. The van der Waals surface area contributed by atoms with Crippen molar-refractivity contribution in [1.29, 1.82) is 0 Å². The van der Waals surface area contributed by atoms with Crippen molar-refractivity contribution < 1.29 is 68.8 Å². The van der Waals surface area contributed by atoms with Gasteiger partial charge in [0, 0.05) is 96.7 Å². The monoisotopic (exact) mass is 1560 g/mol. The van der Waals surface area contributed by atoms with Crippen LogP contribution in [-0.4, -0.2) is 41.7 Å². The van der Waals surface area contributed by atoms with E-state index in [1.54, 1.807) is 22.7 Å². The van der Waals surface area contributed by atoms with E-state index < -0.39 is 0 Å². The number of aromatic nitrogens is 4. The van der Waals surface area contributed by atoms with Crippen LogP contribution in [0.25, 0.3) is 108 Å². The number of aliphatic hydroxyl groups is 2. The first-order valence-electron chi connectivity index (χ1n) is 28.7. The molecule has 0 fully saturated rings. The third-order valence-electron chi connectivity index (χ3n) is 14.6. The van der Waals surface area contributed by atoms with Crippen LogP contribution in [0.3, 0.4) is 0 Å². The normalized spacial score (nSPS) is 12.1. The summed E-state index contributed by atoms with van der Waals surface area (Å²) in [6.07, 6.45) is 6.29. The largest absolute Gasteiger partial charge is 0.512 e. The van der Waals surface area contributed by atoms with Crippen molar-refractivity contribution in [2.75, 3.05) is 0 Å². The fourth-order valence-electron chi connectivity index (χ4n) is 10.2. The quantitative estimate of drug-likeness (QED) is 0.0935. The van der Waals surface area contributed by atoms with Gasteiger partial charge in [0.05, 0.1) is 32.1 Å². The molecule has 0 spiro atoms. The fourth-order valence-corrected chi connectivity index (χ4v) is 12.4. The van der Waals surface area contributed by atoms with Crippen LogP contribution in [0.5, 0.6) is 0 Å². The van der Waals surface area contributed by atoms with Gasteiger partial charge in [0.15, 0.2) is 11.6 Å². The Morgan fingerprint density at radius 3 is 1.26 bits per heavy atom. The Bertz CT molecular complexity index is 4560. The molecule has 0 aliphatic heterocycles. The number of fused-ring (bicyclic) bond motifs is 8. The SMILES string of the molecule is CC(=O)C=C(C)O.CC(=O)C=C(C)O.Cc1ccc2c(n1)oc1c(-c3cc4cc(-c5c(C)cc(C(C)(C)C)cc5C)sc4cn3)[c-]ccc12.Cc1ccc2c(n1)oc1c(-c3cc4cc(-c5cc(C(C)(C)C)cc(C(C)(C)C)c5)sc4cn3)[c-]ccc12.[Ir].[Ir]. The first-order valence-corrected chi connectivity index (χ1v) is 30.3. The molecule has 88 heavy (non-hydrogen) atoms. The molecular weight excluding hydrogens is 1490 g/mol. The third-order valence-corrected chi connectivity index (χ3v) is 16.9. The smallest absolute Gasteiger partial charge is 0.216 e. The van der Waals surface area contributed by atoms with E-state index in [1.807, 2.05) is 62.6 Å². The number of ketones is 2. The second-order valence-electron chi connectivity index (χ2n) is 25.3. The van der Waals surface area contributed by atoms with Crippen LogP contribution in [0.4, 0.5) is 0 Å². The van der Waals surface area contributed by atoms with Gasteiger partial charge in [-0.05, 0) is 181 Å². The van der Waals surface area contributed by atoms with Crippen molar-refractivity contribution in [2.45, 2.75) is 134 Å². The summed E-state index contributed by atoms with van der Waals surface area (Å²) in [5.41, 5.74) is 17.8. The molecule has 8 aromatic heterocycles. The van der Waals surface area contributed by atoms with Crippen LogP contribution in [0, 0.1) is 39.8 Å². The first-order chi connectivity index (χ1) is 40.4. The van der Waals surface area contributed by atoms with Gasteiger partial charge in [0.25, 0.3) is 0 Å². The van der Waals surface area contributed by atoms with Gasteiger partial charge in [-0.25, -0.2) is 9.97 Å². The number of carbonyl (C=O) groups excluding carboxylic acids is 2. The van der Waals surface area contributed by atoms with Gasteiger partial charge < -0.3 is 29.0 Å². The number of pyridine rings is 4. The van der Waals surface area contributed by atoms with Crippen LogP contribution in [0.2, 0.25) is 0 Å². The molecule has 14 heteroatoms. The number of aryl methyl sites for hydroxylation is 4. The average molecular weight is 1560 g/mol. The third kappa shape index (κ3) is 15.6. The molecular formula is C74H74Ir2N4O6S2-2. The number of rotatable bonds is 6. The van der Waals surface area contributed by atoms with Crippen molar-refractivity contribution in [1.82, 2.24) is 19.9 Å². The van der Waals surface area contributed by atoms with Gasteiger partial charge in [-0.15, -0.1) is 59.1 Å². The van der Waals surface area contributed by atoms with E-state index in [4.69, 9.17) is 29.0 Å². The molecule has 2 radical (unpaired) electrons. The number of benzene rings is 4. The van der Waals surface area contributed by atoms with Crippen molar-refractivity contribution in [3.05, 3.63) is 191 Å². The van der Waals surface area contributed by atoms with Gasteiger partial charge in [0.1, 0.15) is 0 Å². The summed E-state index contributed by atoms with van der Waals surface area (Å²) < 4.78 is 14.8. The molecule has 4 aromatic carbocycles. The van der Waals surface area contributed by atoms with E-state index in [0.29, 0.717) is 11.4 Å². The van der Waals surface area contributed by atoms with Gasteiger partial charge in [-0.2, -0.15) is 0 Å². The Balaban J connectivity index is 0.000000203. The van der Waals surface area contributed by atoms with E-state index in [0.717, 1.165) is 66.6 Å². The molecule has 0 saturated heterocycles. The van der Waals surface area contributed by atoms with Gasteiger partial charge in [-0.3, -0.25) is 9.59 Å². The minimum absolute atomic E-state index is 0. The van der Waals surface area contributed by atoms with Gasteiger partial charge in [0.2, 0.25) is 11.4 Å². The van der Waals surface area contributed by atoms with E-state index in [2.05, 4.69) is 165 Å². The summed E-state index contributed by atoms with van der Waals surface area (Å²) in [5.74, 6) is -0.125. The number of nitrogens with zero attached hydrogens (tertiary/aromatic N) is 4. The molecule has 10 nitrogen and oxygen atoms in total. The summed E-state index contributed by atoms with van der Waals surface area (Å²) in [4.78, 5) is 41.4. The Labute approximate surface area is 551 Å². The predicted molar refractivity (Wildman–Crippen MR) is 358 cm³/mol. The molecule has 0 atom stereocenters. The molecule has 458 valence electrons. The molecule has 12 rings (SSSR count). The zero-order chi connectivity index (χ0) is 62.3. The van der Waals surface area contributed by atoms with Crippen molar-refractivity contribution in [2.24, 2.45) is 0 Å². The summed E-state index contributed by atoms with van der Waals surface area (Å²) in [6.45, 7) is 34.6.